The smallest absolute Gasteiger partial charge is 0.410 e. The van der Waals surface area contributed by atoms with Gasteiger partial charge in [0.05, 0.1) is 46.9 Å². The fraction of sp³-hybridized carbons (Fsp3) is 0.477. The van der Waals surface area contributed by atoms with E-state index in [4.69, 9.17) is 48.2 Å². The molecule has 17 nitrogen and oxygen atoms in total. The molecule has 0 aliphatic heterocycles. The first-order chi connectivity index (χ1) is 29.3. The summed E-state index contributed by atoms with van der Waals surface area (Å²) in [6, 6.07) is 14.6. The van der Waals surface area contributed by atoms with E-state index in [-0.39, 0.29) is 31.8 Å². The van der Waals surface area contributed by atoms with Gasteiger partial charge in [0.1, 0.15) is 40.8 Å². The molecule has 0 spiro atoms. The molecule has 0 fully saturated rings. The number of carbonyl (C=O) groups is 1. The summed E-state index contributed by atoms with van der Waals surface area (Å²) < 4.78 is 41.7. The van der Waals surface area contributed by atoms with Crippen molar-refractivity contribution in [1.29, 1.82) is 0 Å². The summed E-state index contributed by atoms with van der Waals surface area (Å²) >= 11 is 0. The number of aliphatic hydroxyl groups excluding tert-OH is 2. The van der Waals surface area contributed by atoms with E-state index in [9.17, 15) is 15.0 Å². The minimum atomic E-state index is -1.21. The number of hydrogen-bond acceptors (Lipinski definition) is 15. The number of nitrogens with zero attached hydrogens (tertiary/aromatic N) is 7. The van der Waals surface area contributed by atoms with E-state index < -0.39 is 17.8 Å². The Labute approximate surface area is 357 Å². The zero-order chi connectivity index (χ0) is 44.1. The average Bonchev–Trinajstić information content (AvgIpc) is 3.68. The molecule has 0 radical (unpaired) electrons. The van der Waals surface area contributed by atoms with E-state index in [1.807, 2.05) is 69.0 Å². The van der Waals surface area contributed by atoms with Gasteiger partial charge in [-0.25, -0.2) is 19.3 Å². The molecular formula is C44H59N7O10. The van der Waals surface area contributed by atoms with Gasteiger partial charge in [-0.15, -0.1) is 5.10 Å². The van der Waals surface area contributed by atoms with Gasteiger partial charge in [0.15, 0.2) is 11.5 Å². The number of methoxy groups -OCH3 is 4. The Bertz CT molecular complexity index is 2110. The molecule has 17 heteroatoms. The molecule has 2 unspecified atom stereocenters. The number of hydrogen-bond donors (Lipinski definition) is 2. The third-order valence-corrected chi connectivity index (χ3v) is 9.64. The summed E-state index contributed by atoms with van der Waals surface area (Å²) in [6.07, 6.45) is 3.49. The van der Waals surface area contributed by atoms with Gasteiger partial charge in [0.2, 0.25) is 5.88 Å². The molecular weight excluding hydrogens is 787 g/mol. The monoisotopic (exact) mass is 845 g/mol. The predicted molar refractivity (Wildman–Crippen MR) is 228 cm³/mol. The lowest BCUT2D eigenvalue weighted by Gasteiger charge is -2.27. The number of aliphatic hydroxyl groups is 2. The molecule has 0 saturated carbocycles. The number of amides is 1. The molecule has 5 rings (SSSR count). The number of carbonyl (C=O) groups excluding carboxylic acids is 1. The van der Waals surface area contributed by atoms with E-state index in [0.717, 1.165) is 17.5 Å². The second kappa shape index (κ2) is 21.4. The number of aromatic nitrogens is 5. The molecule has 0 bridgehead atoms. The lowest BCUT2D eigenvalue weighted by Crippen LogP contribution is -2.35. The molecule has 3 aromatic heterocycles. The highest BCUT2D eigenvalue weighted by atomic mass is 16.6. The van der Waals surface area contributed by atoms with Crippen LogP contribution in [0.5, 0.6) is 34.9 Å². The van der Waals surface area contributed by atoms with E-state index in [1.54, 1.807) is 53.8 Å². The number of ether oxygens (including phenoxy) is 7. The minimum absolute atomic E-state index is 0.0356. The molecule has 3 heterocycles. The molecule has 2 N–H and O–H groups in total. The van der Waals surface area contributed by atoms with E-state index >= 15 is 0 Å². The van der Waals surface area contributed by atoms with Crippen molar-refractivity contribution in [3.8, 4) is 34.9 Å². The number of pyridine rings is 1. The van der Waals surface area contributed by atoms with E-state index in [2.05, 4.69) is 4.98 Å². The predicted octanol–water partition coefficient (Wildman–Crippen LogP) is 6.41. The third-order valence-electron chi connectivity index (χ3n) is 9.64. The van der Waals surface area contributed by atoms with Crippen LogP contribution >= 0.6 is 0 Å². The normalized spacial score (nSPS) is 12.4. The summed E-state index contributed by atoms with van der Waals surface area (Å²) in [6.45, 7) is 8.76. The molecule has 1 amide bonds. The third kappa shape index (κ3) is 12.3. The Morgan fingerprint density at radius 3 is 2.07 bits per heavy atom. The van der Waals surface area contributed by atoms with Crippen LogP contribution in [0.25, 0.3) is 5.65 Å². The van der Waals surface area contributed by atoms with Crippen LogP contribution in [0.1, 0.15) is 81.9 Å². The summed E-state index contributed by atoms with van der Waals surface area (Å²) in [7, 11) is 8.07. The Hall–Kier alpha value is -6.07. The van der Waals surface area contributed by atoms with Gasteiger partial charge in [-0.05, 0) is 63.9 Å². The number of rotatable bonds is 22. The van der Waals surface area contributed by atoms with Crippen LogP contribution in [-0.2, 0) is 17.8 Å². The fourth-order valence-corrected chi connectivity index (χ4v) is 6.49. The van der Waals surface area contributed by atoms with Crippen molar-refractivity contribution >= 4 is 17.6 Å². The van der Waals surface area contributed by atoms with Gasteiger partial charge in [-0.2, -0.15) is 4.98 Å². The second-order valence-electron chi connectivity index (χ2n) is 15.3. The molecule has 0 saturated heterocycles. The summed E-state index contributed by atoms with van der Waals surface area (Å²) in [5, 5.41) is 26.5. The first kappa shape index (κ1) is 46.0. The lowest BCUT2D eigenvalue weighted by atomic mass is 10.1. The van der Waals surface area contributed by atoms with Gasteiger partial charge in [0.25, 0.3) is 0 Å². The maximum absolute atomic E-state index is 12.3. The number of fused-ring (bicyclic) bond motifs is 1. The maximum Gasteiger partial charge on any atom is 0.410 e. The summed E-state index contributed by atoms with van der Waals surface area (Å²) in [4.78, 5) is 30.0. The highest BCUT2D eigenvalue weighted by Crippen LogP contribution is 2.34. The van der Waals surface area contributed by atoms with Crippen LogP contribution in [0.2, 0.25) is 0 Å². The van der Waals surface area contributed by atoms with Crippen molar-refractivity contribution in [2.45, 2.75) is 84.3 Å². The second-order valence-corrected chi connectivity index (χ2v) is 15.3. The van der Waals surface area contributed by atoms with Crippen molar-refractivity contribution in [3.63, 3.8) is 0 Å². The van der Waals surface area contributed by atoms with E-state index in [0.29, 0.717) is 84.0 Å². The van der Waals surface area contributed by atoms with Crippen molar-refractivity contribution < 1.29 is 48.2 Å². The van der Waals surface area contributed by atoms with Gasteiger partial charge >= 0.3 is 12.1 Å². The number of imidazole rings is 1. The molecule has 5 aromatic rings. The van der Waals surface area contributed by atoms with Gasteiger partial charge in [0, 0.05) is 80.8 Å². The molecule has 61 heavy (non-hydrogen) atoms. The first-order valence-corrected chi connectivity index (χ1v) is 20.2. The highest BCUT2D eigenvalue weighted by molar-refractivity contribution is 5.68. The average molecular weight is 846 g/mol. The first-order valence-electron chi connectivity index (χ1n) is 20.2. The molecule has 2 atom stereocenters. The number of anilines is 1. The zero-order valence-electron chi connectivity index (χ0n) is 36.6. The minimum Gasteiger partial charge on any atom is -0.497 e. The fourth-order valence-electron chi connectivity index (χ4n) is 6.49. The molecule has 330 valence electrons. The zero-order valence-corrected chi connectivity index (χ0v) is 36.6. The Kier molecular flexibility index (Phi) is 16.2. The summed E-state index contributed by atoms with van der Waals surface area (Å²) in [5.74, 6) is 3.24. The number of benzene rings is 2. The highest BCUT2D eigenvalue weighted by Gasteiger charge is 2.27. The van der Waals surface area contributed by atoms with Gasteiger partial charge < -0.3 is 53.2 Å². The Balaban J connectivity index is 1.51. The van der Waals surface area contributed by atoms with Crippen LogP contribution < -0.4 is 33.3 Å². The van der Waals surface area contributed by atoms with Crippen LogP contribution in [-0.4, -0.2) is 113 Å². The largest absolute Gasteiger partial charge is 0.497 e. The standard InChI is InChI=1S/C44H59N7O10/c1-10-12-32(19-21-52)60-42-47-41(50(27-30-13-16-33(55-6)23-36(30)57-8)28-31-14-17-34(56-7)24-37(31)58-9)40-46-26-35(51(40)48-42)39(53)29-15-18-38(45-25-29)59-22-11-20-49(5)43(54)61-44(2,3)4/h13-18,23-26,32,39,52-53H,10-12,19-22,27-28H2,1-9H3. The van der Waals surface area contributed by atoms with Crippen LogP contribution in [0, 0.1) is 0 Å². The Morgan fingerprint density at radius 1 is 0.869 bits per heavy atom. The van der Waals surface area contributed by atoms with Crippen molar-refractivity contribution in [2.75, 3.05) is 60.1 Å². The molecule has 0 aliphatic carbocycles. The summed E-state index contributed by atoms with van der Waals surface area (Å²) in [5.41, 5.74) is 2.23. The lowest BCUT2D eigenvalue weighted by molar-refractivity contribution is 0.0291. The van der Waals surface area contributed by atoms with E-state index in [1.165, 1.54) is 15.6 Å². The maximum atomic E-state index is 12.3. The molecule has 0 aliphatic rings. The quantitative estimate of drug-likeness (QED) is 0.0728. The topological polar surface area (TPSA) is 185 Å². The van der Waals surface area contributed by atoms with Gasteiger partial charge in [-0.1, -0.05) is 13.3 Å². The van der Waals surface area contributed by atoms with Crippen LogP contribution in [0.3, 0.4) is 0 Å². The Morgan fingerprint density at radius 2 is 1.52 bits per heavy atom. The van der Waals surface area contributed by atoms with Gasteiger partial charge in [-0.3, -0.25) is 0 Å². The van der Waals surface area contributed by atoms with Crippen LogP contribution in [0.4, 0.5) is 10.6 Å². The SMILES string of the molecule is CCCC(CCO)Oc1nc(N(Cc2ccc(OC)cc2OC)Cc2ccc(OC)cc2OC)c2ncc(C(O)c3ccc(OCCCN(C)C(=O)OC(C)(C)C)nc3)n2n1. The van der Waals surface area contributed by atoms with Crippen LogP contribution in [0.15, 0.2) is 60.9 Å². The molecule has 2 aromatic carbocycles. The van der Waals surface area contributed by atoms with Crippen molar-refractivity contribution in [3.05, 3.63) is 83.3 Å². The van der Waals surface area contributed by atoms with Crippen molar-refractivity contribution in [1.82, 2.24) is 29.5 Å². The van der Waals surface area contributed by atoms with Crippen molar-refractivity contribution in [2.24, 2.45) is 0 Å².